The van der Waals surface area contributed by atoms with Crippen molar-refractivity contribution in [3.05, 3.63) is 110 Å². The number of nitrogens with one attached hydrogen (secondary N) is 6. The molecule has 5 heterocycles. The van der Waals surface area contributed by atoms with Gasteiger partial charge in [-0.3, -0.25) is 38.4 Å². The number of aromatic nitrogens is 2. The van der Waals surface area contributed by atoms with Gasteiger partial charge in [0.1, 0.15) is 37.5 Å². The molecule has 0 fully saturated rings. The summed E-state index contributed by atoms with van der Waals surface area (Å²) in [7, 11) is 0. The Kier molecular flexibility index (Phi) is 16.1. The van der Waals surface area contributed by atoms with Crippen LogP contribution in [0.5, 0.6) is 0 Å². The lowest BCUT2D eigenvalue weighted by Crippen LogP contribution is -2.52. The monoisotopic (exact) mass is 1040 g/mol. The lowest BCUT2D eigenvalue weighted by Gasteiger charge is -2.31. The Balaban J connectivity index is 0.808. The first-order valence-electron chi connectivity index (χ1n) is 24.3. The first-order chi connectivity index (χ1) is 35.9. The number of benzene rings is 2. The van der Waals surface area contributed by atoms with Crippen molar-refractivity contribution in [3.63, 3.8) is 0 Å². The van der Waals surface area contributed by atoms with Gasteiger partial charge in [0.25, 0.3) is 5.56 Å². The zero-order chi connectivity index (χ0) is 53.7. The topological polar surface area (TPSA) is 326 Å². The lowest BCUT2D eigenvalue weighted by atomic mass is 9.81. The molecule has 0 saturated heterocycles. The van der Waals surface area contributed by atoms with Crippen molar-refractivity contribution < 1.29 is 67.5 Å². The van der Waals surface area contributed by atoms with E-state index >= 15 is 4.39 Å². The summed E-state index contributed by atoms with van der Waals surface area (Å²) in [5.74, 6) is -5.97. The Morgan fingerprint density at radius 3 is 2.39 bits per heavy atom. The molecule has 75 heavy (non-hydrogen) atoms. The van der Waals surface area contributed by atoms with Crippen LogP contribution in [0.25, 0.3) is 22.3 Å². The van der Waals surface area contributed by atoms with E-state index in [1.54, 1.807) is 50.2 Å². The molecule has 23 nitrogen and oxygen atoms in total. The molecule has 7 amide bonds. The summed E-state index contributed by atoms with van der Waals surface area (Å²) >= 11 is 0. The van der Waals surface area contributed by atoms with E-state index in [-0.39, 0.29) is 75.4 Å². The number of amides is 7. The third kappa shape index (κ3) is 11.4. The largest absolute Gasteiger partial charge is 0.458 e. The van der Waals surface area contributed by atoms with Gasteiger partial charge in [0, 0.05) is 54.5 Å². The summed E-state index contributed by atoms with van der Waals surface area (Å²) in [4.78, 5) is 121. The summed E-state index contributed by atoms with van der Waals surface area (Å²) in [5, 5.41) is 47.8. The van der Waals surface area contributed by atoms with Gasteiger partial charge in [0.15, 0.2) is 5.60 Å². The van der Waals surface area contributed by atoms with Crippen LogP contribution in [0.4, 0.5) is 4.39 Å². The van der Waals surface area contributed by atoms with E-state index in [9.17, 15) is 58.5 Å². The Morgan fingerprint density at radius 2 is 1.65 bits per heavy atom. The number of halogens is 1. The maximum Gasteiger partial charge on any atom is 0.343 e. The van der Waals surface area contributed by atoms with Gasteiger partial charge in [-0.15, -0.1) is 0 Å². The molecule has 8 rings (SSSR count). The standard InChI is InChI=1S/C51H56FN9O14/c1-3-51(73)31-18-36-46-29(23-61(36)49(71)30(31)24-75-50(51)72)45-33(10-9-28-26(2)32(52)19-34(58-46)44(28)45)59-48(70)37(62)14-16-74-25-56-40(65)21-55-47(69)35(17-27-7-5-4-6-8-27)57-41(66)22-54-39(64)20-53-38(63)13-15-60-42(67)11-12-43(60)68/h4-8,11-12,18-19,33,35,37,42,62,67,73H,3,9-10,13-17,20-25H2,1-2H3,(H,53,63)(H,54,64)(H,55,69)(H,56,65)(H,57,66)(H,59,70)/t33-,35-,37+,42?,51-/m0/s1. The van der Waals surface area contributed by atoms with E-state index in [2.05, 4.69) is 31.9 Å². The van der Waals surface area contributed by atoms with Crippen molar-refractivity contribution in [2.45, 2.75) is 95.5 Å². The molecule has 0 radical (unpaired) electrons. The first kappa shape index (κ1) is 53.4. The smallest absolute Gasteiger partial charge is 0.343 e. The molecule has 2 aromatic heterocycles. The second-order valence-corrected chi connectivity index (χ2v) is 18.5. The normalized spacial score (nSPS) is 18.8. The van der Waals surface area contributed by atoms with Crippen LogP contribution in [0.2, 0.25) is 0 Å². The highest BCUT2D eigenvalue weighted by Gasteiger charge is 2.46. The highest BCUT2D eigenvalue weighted by atomic mass is 19.1. The molecule has 0 spiro atoms. The third-order valence-electron chi connectivity index (χ3n) is 13.7. The summed E-state index contributed by atoms with van der Waals surface area (Å²) < 4.78 is 27.5. The number of carbonyl (C=O) groups is 8. The number of hydrogen-bond donors (Lipinski definition) is 9. The maximum absolute atomic E-state index is 15.4. The Morgan fingerprint density at radius 1 is 0.933 bits per heavy atom. The Bertz CT molecular complexity index is 3080. The number of esters is 1. The molecule has 1 aliphatic carbocycles. The highest BCUT2D eigenvalue weighted by Crippen LogP contribution is 2.46. The molecule has 9 N–H and O–H groups in total. The van der Waals surface area contributed by atoms with Crippen molar-refractivity contribution in [3.8, 4) is 11.4 Å². The van der Waals surface area contributed by atoms with Crippen LogP contribution >= 0.6 is 0 Å². The fourth-order valence-corrected chi connectivity index (χ4v) is 9.63. The number of hydrogen-bond acceptors (Lipinski definition) is 15. The first-order valence-corrected chi connectivity index (χ1v) is 24.3. The molecule has 0 bridgehead atoms. The van der Waals surface area contributed by atoms with Gasteiger partial charge in [-0.25, -0.2) is 14.2 Å². The van der Waals surface area contributed by atoms with Crippen molar-refractivity contribution in [2.75, 3.05) is 39.5 Å². The number of aliphatic hydroxyl groups is 3. The van der Waals surface area contributed by atoms with Crippen molar-refractivity contribution in [1.29, 1.82) is 0 Å². The van der Waals surface area contributed by atoms with Gasteiger partial charge in [-0.2, -0.15) is 0 Å². The molecular weight excluding hydrogens is 982 g/mol. The van der Waals surface area contributed by atoms with E-state index in [4.69, 9.17) is 14.5 Å². The minimum absolute atomic E-state index is 0.0258. The molecule has 0 saturated carbocycles. The van der Waals surface area contributed by atoms with Gasteiger partial charge in [-0.05, 0) is 60.6 Å². The summed E-state index contributed by atoms with van der Waals surface area (Å²) in [6.07, 6.45) is 0.0331. The van der Waals surface area contributed by atoms with Crippen LogP contribution in [0.15, 0.2) is 59.4 Å². The predicted octanol–water partition coefficient (Wildman–Crippen LogP) is -1.35. The SMILES string of the molecule is CC[C@@]1(O)C(=O)OCc2c1cc1n(c2=O)Cc2c-1nc1cc(F)c(C)c3c1c2[C@@H](NC(=O)[C@H](O)CCOCNC(=O)CNC(=O)[C@H](Cc1ccccc1)NC(=O)CNC(=O)CNC(=O)CCN1C(=O)C=CC1O)CC3. The molecule has 24 heteroatoms. The number of pyridine rings is 2. The predicted molar refractivity (Wildman–Crippen MR) is 261 cm³/mol. The molecule has 5 atom stereocenters. The second-order valence-electron chi connectivity index (χ2n) is 18.5. The highest BCUT2D eigenvalue weighted by molar-refractivity contribution is 5.95. The zero-order valence-electron chi connectivity index (χ0n) is 41.0. The van der Waals surface area contributed by atoms with Gasteiger partial charge in [-0.1, -0.05) is 37.3 Å². The average molecular weight is 1040 g/mol. The summed E-state index contributed by atoms with van der Waals surface area (Å²) in [6.45, 7) is 0.770. The number of aliphatic hydroxyl groups excluding tert-OH is 2. The zero-order valence-corrected chi connectivity index (χ0v) is 41.0. The van der Waals surface area contributed by atoms with Crippen molar-refractivity contribution in [2.24, 2.45) is 0 Å². The number of carbonyl (C=O) groups excluding carboxylic acids is 8. The number of fused-ring (bicyclic) bond motifs is 5. The average Bonchev–Trinajstić information content (AvgIpc) is 3.95. The number of ether oxygens (including phenoxy) is 2. The second kappa shape index (κ2) is 22.7. The Hall–Kier alpha value is -7.93. The minimum Gasteiger partial charge on any atom is -0.458 e. The van der Waals surface area contributed by atoms with Gasteiger partial charge < -0.3 is 66.2 Å². The van der Waals surface area contributed by atoms with Crippen molar-refractivity contribution >= 4 is 58.2 Å². The van der Waals surface area contributed by atoms with Gasteiger partial charge in [0.2, 0.25) is 41.4 Å². The molecular formula is C51H56FN9O14. The van der Waals surface area contributed by atoms with Crippen LogP contribution in [0.1, 0.15) is 77.6 Å². The fraction of sp³-hybridized carbons (Fsp3) is 0.412. The molecule has 1 unspecified atom stereocenters. The van der Waals surface area contributed by atoms with Crippen molar-refractivity contribution in [1.82, 2.24) is 46.4 Å². The number of nitrogens with zero attached hydrogens (tertiary/aromatic N) is 3. The fourth-order valence-electron chi connectivity index (χ4n) is 9.63. The number of cyclic esters (lactones) is 1. The van der Waals surface area contributed by atoms with Gasteiger partial charge in [0.05, 0.1) is 61.3 Å². The lowest BCUT2D eigenvalue weighted by molar-refractivity contribution is -0.172. The van der Waals surface area contributed by atoms with Crippen LogP contribution in [0.3, 0.4) is 0 Å². The van der Waals surface area contributed by atoms with E-state index in [0.717, 1.165) is 4.90 Å². The Labute approximate surface area is 427 Å². The van der Waals surface area contributed by atoms with Gasteiger partial charge >= 0.3 is 5.97 Å². The van der Waals surface area contributed by atoms with E-state index < -0.39 is 108 Å². The van der Waals surface area contributed by atoms with Crippen LogP contribution < -0.4 is 37.5 Å². The number of rotatable bonds is 21. The van der Waals surface area contributed by atoms with E-state index in [1.165, 1.54) is 22.8 Å². The molecule has 4 aliphatic rings. The van der Waals surface area contributed by atoms with E-state index in [0.29, 0.717) is 57.4 Å². The van der Waals surface area contributed by atoms with E-state index in [1.807, 2.05) is 0 Å². The molecule has 2 aromatic carbocycles. The molecule has 3 aliphatic heterocycles. The summed E-state index contributed by atoms with van der Waals surface area (Å²) in [6, 6.07) is 9.66. The molecule has 396 valence electrons. The number of aryl methyl sites for hydroxylation is 1. The summed E-state index contributed by atoms with van der Waals surface area (Å²) in [5.41, 5.74) is 1.59. The third-order valence-corrected chi connectivity index (χ3v) is 13.7. The van der Waals surface area contributed by atoms with Crippen LogP contribution in [-0.2, 0) is 79.4 Å². The van der Waals surface area contributed by atoms with Crippen LogP contribution in [-0.4, -0.2) is 135 Å². The van der Waals surface area contributed by atoms with Crippen LogP contribution in [0, 0.1) is 12.7 Å². The quantitative estimate of drug-likeness (QED) is 0.0233. The minimum atomic E-state index is -2.06. The maximum atomic E-state index is 15.4. The molecule has 4 aromatic rings.